The summed E-state index contributed by atoms with van der Waals surface area (Å²) in [6.45, 7) is 1.57. The number of hydrogen-bond donors (Lipinski definition) is 2. The van der Waals surface area contributed by atoms with Crippen molar-refractivity contribution < 1.29 is 0 Å². The van der Waals surface area contributed by atoms with E-state index in [1.807, 2.05) is 16.8 Å². The molecule has 1 unspecified atom stereocenters. The molecule has 2 aromatic rings. The zero-order chi connectivity index (χ0) is 15.4. The Kier molecular flexibility index (Phi) is 6.82. The molecule has 0 fully saturated rings. The fourth-order valence-corrected chi connectivity index (χ4v) is 2.80. The summed E-state index contributed by atoms with van der Waals surface area (Å²) in [7, 11) is 1.79. The minimum atomic E-state index is 0. The first-order valence-electron chi connectivity index (χ1n) is 7.33. The van der Waals surface area contributed by atoms with E-state index in [9.17, 15) is 0 Å². The molecule has 0 radical (unpaired) electrons. The van der Waals surface area contributed by atoms with Gasteiger partial charge in [0.05, 0.1) is 6.54 Å². The van der Waals surface area contributed by atoms with Gasteiger partial charge in [-0.15, -0.1) is 24.0 Å². The number of fused-ring (bicyclic) bond motifs is 1. The first kappa shape index (κ1) is 18.2. The molecule has 8 heteroatoms. The monoisotopic (exact) mass is 490 g/mol. The molecule has 0 saturated carbocycles. The van der Waals surface area contributed by atoms with E-state index in [1.54, 1.807) is 13.4 Å². The average molecular weight is 491 g/mol. The fraction of sp³-hybridized carbons (Fsp3) is 0.400. The first-order valence-corrected chi connectivity index (χ1v) is 8.12. The van der Waals surface area contributed by atoms with E-state index in [0.29, 0.717) is 6.04 Å². The maximum Gasteiger partial charge on any atom is 0.191 e. The van der Waals surface area contributed by atoms with Crippen LogP contribution >= 0.6 is 39.9 Å². The average Bonchev–Trinajstić information content (AvgIpc) is 3.00. The molecule has 0 saturated heterocycles. The summed E-state index contributed by atoms with van der Waals surface area (Å²) in [5, 5.41) is 11.1. The van der Waals surface area contributed by atoms with Crippen molar-refractivity contribution in [3.63, 3.8) is 0 Å². The number of hydrogen-bond acceptors (Lipinski definition) is 3. The number of guanidine groups is 1. The summed E-state index contributed by atoms with van der Waals surface area (Å²) >= 11 is 3.45. The molecule has 0 aliphatic carbocycles. The number of nitrogens with one attached hydrogen (secondary N) is 2. The Labute approximate surface area is 161 Å². The summed E-state index contributed by atoms with van der Waals surface area (Å²) in [6, 6.07) is 8.59. The van der Waals surface area contributed by atoms with Gasteiger partial charge < -0.3 is 10.6 Å². The quantitative estimate of drug-likeness (QED) is 0.393. The number of rotatable bonds is 3. The Morgan fingerprint density at radius 1 is 1.39 bits per heavy atom. The van der Waals surface area contributed by atoms with Crippen molar-refractivity contribution in [3.8, 4) is 0 Å². The van der Waals surface area contributed by atoms with Crippen LogP contribution in [0, 0.1) is 0 Å². The third kappa shape index (κ3) is 4.90. The highest BCUT2D eigenvalue weighted by atomic mass is 127. The lowest BCUT2D eigenvalue weighted by atomic mass is 10.1. The number of aliphatic imine (C=N–C) groups is 1. The largest absolute Gasteiger partial charge is 0.352 e. The minimum absolute atomic E-state index is 0. The van der Waals surface area contributed by atoms with Gasteiger partial charge in [0.2, 0.25) is 0 Å². The molecule has 23 heavy (non-hydrogen) atoms. The second-order valence-electron chi connectivity index (χ2n) is 5.29. The molecule has 0 bridgehead atoms. The molecule has 2 heterocycles. The maximum absolute atomic E-state index is 4.30. The third-order valence-corrected chi connectivity index (χ3v) is 4.27. The van der Waals surface area contributed by atoms with Crippen molar-refractivity contribution in [2.75, 3.05) is 7.05 Å². The third-order valence-electron chi connectivity index (χ3n) is 3.74. The molecule has 1 aliphatic heterocycles. The Bertz CT molecular complexity index is 654. The van der Waals surface area contributed by atoms with Crippen molar-refractivity contribution in [1.82, 2.24) is 25.4 Å². The van der Waals surface area contributed by atoms with E-state index in [0.717, 1.165) is 42.2 Å². The zero-order valence-corrected chi connectivity index (χ0v) is 16.8. The Morgan fingerprint density at radius 2 is 2.17 bits per heavy atom. The molecular formula is C15H20BrIN6. The van der Waals surface area contributed by atoms with E-state index < -0.39 is 0 Å². The Morgan fingerprint density at radius 3 is 2.91 bits per heavy atom. The molecule has 1 atom stereocenters. The number of benzene rings is 1. The van der Waals surface area contributed by atoms with Gasteiger partial charge in [-0.05, 0) is 24.1 Å². The van der Waals surface area contributed by atoms with E-state index in [1.165, 1.54) is 5.56 Å². The molecule has 0 amide bonds. The minimum Gasteiger partial charge on any atom is -0.352 e. The first-order chi connectivity index (χ1) is 10.7. The Balaban J connectivity index is 0.00000192. The normalized spacial score (nSPS) is 17.1. The van der Waals surface area contributed by atoms with Crippen LogP contribution in [0.15, 0.2) is 40.1 Å². The summed E-state index contributed by atoms with van der Waals surface area (Å²) in [6.07, 6.45) is 3.61. The van der Waals surface area contributed by atoms with Crippen LogP contribution in [0.4, 0.5) is 0 Å². The number of aromatic nitrogens is 3. The molecule has 6 nitrogen and oxygen atoms in total. The van der Waals surface area contributed by atoms with Gasteiger partial charge in [-0.3, -0.25) is 4.99 Å². The van der Waals surface area contributed by atoms with Gasteiger partial charge in [-0.2, -0.15) is 5.10 Å². The second-order valence-corrected chi connectivity index (χ2v) is 6.21. The molecular weight excluding hydrogens is 471 g/mol. The lowest BCUT2D eigenvalue weighted by molar-refractivity contribution is 0.392. The molecule has 0 spiro atoms. The zero-order valence-electron chi connectivity index (χ0n) is 12.9. The predicted molar refractivity (Wildman–Crippen MR) is 105 cm³/mol. The van der Waals surface area contributed by atoms with E-state index in [2.05, 4.69) is 53.8 Å². The lowest BCUT2D eigenvalue weighted by Gasteiger charge is -2.25. The highest BCUT2D eigenvalue weighted by Crippen LogP contribution is 2.12. The van der Waals surface area contributed by atoms with Crippen molar-refractivity contribution in [1.29, 1.82) is 0 Å². The molecule has 1 aliphatic rings. The van der Waals surface area contributed by atoms with Crippen LogP contribution in [-0.2, 0) is 19.5 Å². The SMILES string of the molecule is CN=C(NCc1ccc(Br)cc1)NC1CCc2ncnn2C1.I. The van der Waals surface area contributed by atoms with E-state index >= 15 is 0 Å². The standard InChI is InChI=1S/C15H19BrN6.HI/c1-17-15(18-8-11-2-4-12(16)5-3-11)21-13-6-7-14-19-10-20-22(14)9-13;/h2-5,10,13H,6-9H2,1H3,(H2,17,18,21);1H. The van der Waals surface area contributed by atoms with Gasteiger partial charge in [0, 0.05) is 30.5 Å². The van der Waals surface area contributed by atoms with Crippen LogP contribution in [0.3, 0.4) is 0 Å². The van der Waals surface area contributed by atoms with Crippen LogP contribution in [0.1, 0.15) is 17.8 Å². The van der Waals surface area contributed by atoms with Crippen LogP contribution in [-0.4, -0.2) is 33.8 Å². The second kappa shape index (κ2) is 8.62. The van der Waals surface area contributed by atoms with Gasteiger partial charge in [-0.1, -0.05) is 28.1 Å². The summed E-state index contributed by atoms with van der Waals surface area (Å²) < 4.78 is 3.05. The molecule has 3 rings (SSSR count). The maximum atomic E-state index is 4.30. The number of halogens is 2. The number of aryl methyl sites for hydroxylation is 1. The van der Waals surface area contributed by atoms with Gasteiger partial charge in [0.1, 0.15) is 12.2 Å². The highest BCUT2D eigenvalue weighted by Gasteiger charge is 2.20. The van der Waals surface area contributed by atoms with E-state index in [4.69, 9.17) is 0 Å². The molecule has 2 N–H and O–H groups in total. The van der Waals surface area contributed by atoms with Gasteiger partial charge >= 0.3 is 0 Å². The van der Waals surface area contributed by atoms with Crippen molar-refractivity contribution in [3.05, 3.63) is 46.5 Å². The topological polar surface area (TPSA) is 67.1 Å². The highest BCUT2D eigenvalue weighted by molar-refractivity contribution is 14.0. The predicted octanol–water partition coefficient (Wildman–Crippen LogP) is 2.34. The molecule has 1 aromatic carbocycles. The van der Waals surface area contributed by atoms with E-state index in [-0.39, 0.29) is 24.0 Å². The fourth-order valence-electron chi connectivity index (χ4n) is 2.53. The van der Waals surface area contributed by atoms with Crippen LogP contribution in [0.5, 0.6) is 0 Å². The molecule has 1 aromatic heterocycles. The summed E-state index contributed by atoms with van der Waals surface area (Å²) in [5.41, 5.74) is 1.22. The van der Waals surface area contributed by atoms with Crippen LogP contribution < -0.4 is 10.6 Å². The van der Waals surface area contributed by atoms with Gasteiger partial charge in [-0.25, -0.2) is 9.67 Å². The number of nitrogens with zero attached hydrogens (tertiary/aromatic N) is 4. The lowest BCUT2D eigenvalue weighted by Crippen LogP contribution is -2.46. The Hall–Kier alpha value is -1.16. The summed E-state index contributed by atoms with van der Waals surface area (Å²) in [4.78, 5) is 8.55. The van der Waals surface area contributed by atoms with Gasteiger partial charge in [0.15, 0.2) is 5.96 Å². The van der Waals surface area contributed by atoms with Crippen molar-refractivity contribution in [2.45, 2.75) is 32.0 Å². The smallest absolute Gasteiger partial charge is 0.191 e. The van der Waals surface area contributed by atoms with Crippen molar-refractivity contribution in [2.24, 2.45) is 4.99 Å². The van der Waals surface area contributed by atoms with Crippen LogP contribution in [0.2, 0.25) is 0 Å². The van der Waals surface area contributed by atoms with Crippen molar-refractivity contribution >= 4 is 45.9 Å². The van der Waals surface area contributed by atoms with Crippen LogP contribution in [0.25, 0.3) is 0 Å². The molecule has 124 valence electrons. The van der Waals surface area contributed by atoms with Gasteiger partial charge in [0.25, 0.3) is 0 Å². The summed E-state index contributed by atoms with van der Waals surface area (Å²) in [5.74, 6) is 1.88.